The maximum Gasteiger partial charge on any atom is 0.410 e. The van der Waals surface area contributed by atoms with Crippen LogP contribution in [0.3, 0.4) is 0 Å². The van der Waals surface area contributed by atoms with Gasteiger partial charge in [0.1, 0.15) is 11.6 Å². The summed E-state index contributed by atoms with van der Waals surface area (Å²) in [6.45, 7) is 7.59. The molecule has 0 N–H and O–H groups in total. The molecule has 1 rings (SSSR count). The quantitative estimate of drug-likeness (QED) is 0.558. The van der Waals surface area contributed by atoms with E-state index in [0.717, 1.165) is 6.04 Å². The molecule has 0 aliphatic carbocycles. The van der Waals surface area contributed by atoms with Gasteiger partial charge >= 0.3 is 12.1 Å². The van der Waals surface area contributed by atoms with E-state index in [1.165, 1.54) is 0 Å². The van der Waals surface area contributed by atoms with Crippen LogP contribution in [0.5, 0.6) is 0 Å². The van der Waals surface area contributed by atoms with Crippen LogP contribution in [0, 0.1) is 0 Å². The van der Waals surface area contributed by atoms with E-state index in [2.05, 4.69) is 0 Å². The molecule has 1 atom stereocenters. The molecule has 0 aromatic heterocycles. The Balaban J connectivity index is 2.70. The molecule has 0 spiro atoms. The number of rotatable bonds is 2. The SMILES string of the molecule is CCOC(=O)[C@H]1CC[SiH2]CN1C(=O)OC(C)(C)C. The molecule has 1 amide bonds. The van der Waals surface area contributed by atoms with Crippen molar-refractivity contribution in [2.24, 2.45) is 0 Å². The van der Waals surface area contributed by atoms with Crippen molar-refractivity contribution in [2.45, 2.75) is 51.8 Å². The molecule has 1 saturated heterocycles. The second-order valence-electron chi connectivity index (χ2n) is 5.44. The van der Waals surface area contributed by atoms with E-state index in [-0.39, 0.29) is 15.5 Å². The number of carbonyl (C=O) groups is 2. The second-order valence-corrected chi connectivity index (χ2v) is 7.30. The Morgan fingerprint density at radius 1 is 1.39 bits per heavy atom. The minimum absolute atomic E-state index is 0.295. The van der Waals surface area contributed by atoms with Crippen molar-refractivity contribution in [1.82, 2.24) is 4.90 Å². The van der Waals surface area contributed by atoms with Crippen LogP contribution < -0.4 is 0 Å². The molecule has 0 radical (unpaired) electrons. The van der Waals surface area contributed by atoms with Gasteiger partial charge in [-0.05, 0) is 34.1 Å². The predicted octanol–water partition coefficient (Wildman–Crippen LogP) is 1.10. The van der Waals surface area contributed by atoms with E-state index >= 15 is 0 Å². The molecule has 1 fully saturated rings. The van der Waals surface area contributed by atoms with Crippen molar-refractivity contribution in [3.05, 3.63) is 0 Å². The highest BCUT2D eigenvalue weighted by molar-refractivity contribution is 6.36. The molecule has 0 aromatic rings. The minimum atomic E-state index is -0.532. The molecule has 0 aromatic carbocycles. The third-order valence-corrected chi connectivity index (χ3v) is 4.40. The van der Waals surface area contributed by atoms with E-state index in [1.54, 1.807) is 11.8 Å². The highest BCUT2D eigenvalue weighted by Crippen LogP contribution is 2.18. The third-order valence-electron chi connectivity index (χ3n) is 2.69. The van der Waals surface area contributed by atoms with Crippen LogP contribution >= 0.6 is 0 Å². The molecule has 1 aliphatic heterocycles. The molecule has 5 nitrogen and oxygen atoms in total. The molecule has 1 heterocycles. The molecular formula is C12H23NO4Si. The molecule has 0 unspecified atom stereocenters. The van der Waals surface area contributed by atoms with Gasteiger partial charge in [0.05, 0.1) is 6.61 Å². The summed E-state index contributed by atoms with van der Waals surface area (Å²) in [7, 11) is -0.295. The van der Waals surface area contributed by atoms with Gasteiger partial charge in [-0.25, -0.2) is 9.59 Å². The number of hydrogen-bond donors (Lipinski definition) is 0. The number of carbonyl (C=O) groups excluding carboxylic acids is 2. The topological polar surface area (TPSA) is 55.8 Å². The van der Waals surface area contributed by atoms with Crippen molar-refractivity contribution >= 4 is 21.6 Å². The van der Waals surface area contributed by atoms with Crippen molar-refractivity contribution in [3.63, 3.8) is 0 Å². The normalized spacial score (nSPS) is 21.8. The highest BCUT2D eigenvalue weighted by Gasteiger charge is 2.35. The molecule has 104 valence electrons. The number of ether oxygens (including phenoxy) is 2. The van der Waals surface area contributed by atoms with Gasteiger partial charge in [-0.2, -0.15) is 0 Å². The van der Waals surface area contributed by atoms with Crippen molar-refractivity contribution < 1.29 is 19.1 Å². The Morgan fingerprint density at radius 2 is 2.06 bits per heavy atom. The lowest BCUT2D eigenvalue weighted by Gasteiger charge is -2.35. The average molecular weight is 273 g/mol. The summed E-state index contributed by atoms with van der Waals surface area (Å²) >= 11 is 0. The molecule has 6 heteroatoms. The lowest BCUT2D eigenvalue weighted by molar-refractivity contribution is -0.149. The Bertz CT molecular complexity index is 314. The first kappa shape index (κ1) is 15.0. The standard InChI is InChI=1S/C12H23NO4Si/c1-5-16-10(14)9-6-7-18-8-13(9)11(15)17-12(2,3)4/h9H,5-8,18H2,1-4H3/t9-/m1/s1. The summed E-state index contributed by atoms with van der Waals surface area (Å²) < 4.78 is 10.4. The van der Waals surface area contributed by atoms with E-state index in [4.69, 9.17) is 9.47 Å². The zero-order chi connectivity index (χ0) is 13.8. The minimum Gasteiger partial charge on any atom is -0.464 e. The Kier molecular flexibility index (Phi) is 5.19. The predicted molar refractivity (Wildman–Crippen MR) is 71.3 cm³/mol. The highest BCUT2D eigenvalue weighted by atomic mass is 28.2. The lowest BCUT2D eigenvalue weighted by Crippen LogP contribution is -2.52. The first-order chi connectivity index (χ1) is 8.35. The Morgan fingerprint density at radius 3 is 2.61 bits per heavy atom. The molecule has 0 saturated carbocycles. The first-order valence-corrected chi connectivity index (χ1v) is 8.51. The zero-order valence-corrected chi connectivity index (χ0v) is 13.1. The zero-order valence-electron chi connectivity index (χ0n) is 11.7. The monoisotopic (exact) mass is 273 g/mol. The van der Waals surface area contributed by atoms with Crippen LogP contribution in [-0.4, -0.2) is 50.9 Å². The van der Waals surface area contributed by atoms with Gasteiger partial charge in [0.15, 0.2) is 0 Å². The summed E-state index contributed by atoms with van der Waals surface area (Å²) in [5.74, 6) is -0.308. The first-order valence-electron chi connectivity index (χ1n) is 6.51. The molecule has 1 aliphatic rings. The summed E-state index contributed by atoms with van der Waals surface area (Å²) in [6.07, 6.45) is 1.01. The average Bonchev–Trinajstić information content (AvgIpc) is 2.27. The van der Waals surface area contributed by atoms with Gasteiger partial charge in [0.25, 0.3) is 0 Å². The van der Waals surface area contributed by atoms with Crippen LogP contribution in [-0.2, 0) is 14.3 Å². The lowest BCUT2D eigenvalue weighted by atomic mass is 10.2. The smallest absolute Gasteiger partial charge is 0.410 e. The van der Waals surface area contributed by atoms with Gasteiger partial charge < -0.3 is 9.47 Å². The van der Waals surface area contributed by atoms with E-state index < -0.39 is 17.7 Å². The van der Waals surface area contributed by atoms with Crippen LogP contribution in [0.25, 0.3) is 0 Å². The fourth-order valence-corrected chi connectivity index (χ4v) is 3.69. The van der Waals surface area contributed by atoms with Gasteiger partial charge in [0, 0.05) is 15.7 Å². The van der Waals surface area contributed by atoms with Gasteiger partial charge in [0.2, 0.25) is 0 Å². The van der Waals surface area contributed by atoms with Crippen LogP contribution in [0.2, 0.25) is 6.04 Å². The maximum absolute atomic E-state index is 12.1. The molecule has 0 bridgehead atoms. The summed E-state index contributed by atoms with van der Waals surface area (Å²) in [5, 5.41) is 0. The Labute approximate surface area is 111 Å². The summed E-state index contributed by atoms with van der Waals surface area (Å²) in [5.41, 5.74) is -0.532. The molecule has 18 heavy (non-hydrogen) atoms. The van der Waals surface area contributed by atoms with Crippen molar-refractivity contribution in [3.8, 4) is 0 Å². The summed E-state index contributed by atoms with van der Waals surface area (Å²) in [6, 6.07) is 0.615. The fraction of sp³-hybridized carbons (Fsp3) is 0.833. The number of esters is 1. The van der Waals surface area contributed by atoms with Gasteiger partial charge in [-0.15, -0.1) is 0 Å². The fourth-order valence-electron chi connectivity index (χ4n) is 1.95. The largest absolute Gasteiger partial charge is 0.464 e. The van der Waals surface area contributed by atoms with Crippen LogP contribution in [0.4, 0.5) is 4.79 Å². The van der Waals surface area contributed by atoms with Crippen LogP contribution in [0.1, 0.15) is 34.1 Å². The van der Waals surface area contributed by atoms with Crippen LogP contribution in [0.15, 0.2) is 0 Å². The maximum atomic E-state index is 12.1. The number of hydrogen-bond acceptors (Lipinski definition) is 4. The van der Waals surface area contributed by atoms with Gasteiger partial charge in [-0.1, -0.05) is 6.04 Å². The number of nitrogens with zero attached hydrogens (tertiary/aromatic N) is 1. The third kappa shape index (κ3) is 4.32. The van der Waals surface area contributed by atoms with E-state index in [9.17, 15) is 9.59 Å². The van der Waals surface area contributed by atoms with Crippen molar-refractivity contribution in [2.75, 3.05) is 12.8 Å². The van der Waals surface area contributed by atoms with E-state index in [1.807, 2.05) is 20.8 Å². The summed E-state index contributed by atoms with van der Waals surface area (Å²) in [4.78, 5) is 25.4. The van der Waals surface area contributed by atoms with E-state index in [0.29, 0.717) is 19.2 Å². The number of amides is 1. The Hall–Kier alpha value is -1.04. The molecular weight excluding hydrogens is 250 g/mol. The second kappa shape index (κ2) is 6.22. The van der Waals surface area contributed by atoms with Gasteiger partial charge in [-0.3, -0.25) is 4.90 Å². The van der Waals surface area contributed by atoms with Crippen molar-refractivity contribution in [1.29, 1.82) is 0 Å².